The summed E-state index contributed by atoms with van der Waals surface area (Å²) in [5.74, 6) is 0.0713. The highest BCUT2D eigenvalue weighted by Crippen LogP contribution is 2.28. The average Bonchev–Trinajstić information content (AvgIpc) is 2.76. The summed E-state index contributed by atoms with van der Waals surface area (Å²) < 4.78 is 7.24. The first-order valence-corrected chi connectivity index (χ1v) is 7.52. The van der Waals surface area contributed by atoms with E-state index in [0.717, 1.165) is 11.8 Å². The third-order valence-corrected chi connectivity index (χ3v) is 4.04. The van der Waals surface area contributed by atoms with Gasteiger partial charge in [-0.05, 0) is 18.2 Å². The van der Waals surface area contributed by atoms with Gasteiger partial charge in [0, 0.05) is 12.1 Å². The van der Waals surface area contributed by atoms with Crippen molar-refractivity contribution in [1.29, 1.82) is 0 Å². The molecule has 112 valence electrons. The molecule has 21 heavy (non-hydrogen) atoms. The number of hydrogen-bond acceptors (Lipinski definition) is 5. The first-order valence-electron chi connectivity index (χ1n) is 5.78. The number of carboxylic acids is 1. The summed E-state index contributed by atoms with van der Waals surface area (Å²) in [5, 5.41) is 18.0. The van der Waals surface area contributed by atoms with E-state index in [1.165, 1.54) is 0 Å². The van der Waals surface area contributed by atoms with Crippen LogP contribution >= 0.6 is 35.0 Å². The van der Waals surface area contributed by atoms with Crippen molar-refractivity contribution < 1.29 is 14.6 Å². The lowest BCUT2D eigenvalue weighted by Gasteiger charge is -2.08. The maximum absolute atomic E-state index is 10.5. The Bertz CT molecular complexity index is 663. The molecule has 2 rings (SSSR count). The number of aromatic nitrogens is 3. The quantitative estimate of drug-likeness (QED) is 0.809. The molecule has 0 spiro atoms. The molecule has 0 aliphatic rings. The predicted octanol–water partition coefficient (Wildman–Crippen LogP) is 2.88. The molecular weight excluding hydrogens is 337 g/mol. The van der Waals surface area contributed by atoms with Crippen LogP contribution in [0.2, 0.25) is 10.0 Å². The number of thioether (sulfide) groups is 1. The molecule has 0 fully saturated rings. The van der Waals surface area contributed by atoms with Crippen molar-refractivity contribution in [3.05, 3.63) is 34.1 Å². The van der Waals surface area contributed by atoms with E-state index in [1.54, 1.807) is 29.8 Å². The van der Waals surface area contributed by atoms with E-state index < -0.39 is 5.97 Å². The number of carboxylic acid groups (broad SMARTS) is 1. The standard InChI is InChI=1S/C12H11Cl2N3O3S/c1-17-10(15-16-12(17)21-6-11(18)19)5-20-9-3-2-7(13)4-8(9)14/h2-4H,5-6H2,1H3,(H,18,19). The number of halogens is 2. The van der Waals surface area contributed by atoms with Gasteiger partial charge in [-0.25, -0.2) is 0 Å². The number of hydrogen-bond donors (Lipinski definition) is 1. The molecule has 6 nitrogen and oxygen atoms in total. The number of nitrogens with zero attached hydrogens (tertiary/aromatic N) is 3. The molecule has 9 heteroatoms. The minimum atomic E-state index is -0.909. The lowest BCUT2D eigenvalue weighted by Crippen LogP contribution is -2.05. The monoisotopic (exact) mass is 347 g/mol. The van der Waals surface area contributed by atoms with Gasteiger partial charge in [0.05, 0.1) is 10.8 Å². The van der Waals surface area contributed by atoms with Crippen molar-refractivity contribution in [2.45, 2.75) is 11.8 Å². The summed E-state index contributed by atoms with van der Waals surface area (Å²) in [5.41, 5.74) is 0. The largest absolute Gasteiger partial charge is 0.484 e. The first kappa shape index (κ1) is 15.9. The van der Waals surface area contributed by atoms with E-state index >= 15 is 0 Å². The second kappa shape index (κ2) is 7.02. The van der Waals surface area contributed by atoms with E-state index in [-0.39, 0.29) is 12.4 Å². The van der Waals surface area contributed by atoms with E-state index in [1.807, 2.05) is 0 Å². The van der Waals surface area contributed by atoms with Gasteiger partial charge in [-0.2, -0.15) is 0 Å². The average molecular weight is 348 g/mol. The smallest absolute Gasteiger partial charge is 0.313 e. The number of ether oxygens (including phenoxy) is 1. The van der Waals surface area contributed by atoms with Crippen LogP contribution in [0.1, 0.15) is 5.82 Å². The van der Waals surface area contributed by atoms with Crippen LogP contribution in [0.15, 0.2) is 23.4 Å². The van der Waals surface area contributed by atoms with Gasteiger partial charge >= 0.3 is 5.97 Å². The molecule has 0 saturated carbocycles. The zero-order valence-corrected chi connectivity index (χ0v) is 13.2. The van der Waals surface area contributed by atoms with Crippen molar-refractivity contribution in [3.8, 4) is 5.75 Å². The van der Waals surface area contributed by atoms with Gasteiger partial charge in [-0.15, -0.1) is 10.2 Å². The number of rotatable bonds is 6. The fourth-order valence-electron chi connectivity index (χ4n) is 1.46. The summed E-state index contributed by atoms with van der Waals surface area (Å²) in [7, 11) is 1.74. The normalized spacial score (nSPS) is 10.6. The summed E-state index contributed by atoms with van der Waals surface area (Å²) in [4.78, 5) is 10.5. The molecular formula is C12H11Cl2N3O3S. The van der Waals surface area contributed by atoms with Crippen LogP contribution in [0.5, 0.6) is 5.75 Å². The Morgan fingerprint density at radius 3 is 2.86 bits per heavy atom. The topological polar surface area (TPSA) is 77.2 Å². The lowest BCUT2D eigenvalue weighted by molar-refractivity contribution is -0.133. The van der Waals surface area contributed by atoms with Gasteiger partial charge in [0.25, 0.3) is 0 Å². The van der Waals surface area contributed by atoms with Crippen LogP contribution in [0.3, 0.4) is 0 Å². The molecule has 1 aromatic carbocycles. The van der Waals surface area contributed by atoms with Crippen LogP contribution in [-0.4, -0.2) is 31.6 Å². The minimum absolute atomic E-state index is 0.0736. The fraction of sp³-hybridized carbons (Fsp3) is 0.250. The van der Waals surface area contributed by atoms with Crippen molar-refractivity contribution in [2.75, 3.05) is 5.75 Å². The highest BCUT2D eigenvalue weighted by Gasteiger charge is 2.12. The van der Waals surface area contributed by atoms with Crippen molar-refractivity contribution in [3.63, 3.8) is 0 Å². The van der Waals surface area contributed by atoms with Crippen molar-refractivity contribution in [2.24, 2.45) is 7.05 Å². The van der Waals surface area contributed by atoms with Crippen LogP contribution in [0.4, 0.5) is 0 Å². The molecule has 0 amide bonds. The molecule has 0 saturated heterocycles. The van der Waals surface area contributed by atoms with E-state index in [0.29, 0.717) is 26.8 Å². The van der Waals surface area contributed by atoms with Gasteiger partial charge in [0.15, 0.2) is 11.0 Å². The highest BCUT2D eigenvalue weighted by atomic mass is 35.5. The summed E-state index contributed by atoms with van der Waals surface area (Å²) in [6.07, 6.45) is 0. The Labute approximate surface area is 135 Å². The summed E-state index contributed by atoms with van der Waals surface area (Å²) in [6, 6.07) is 4.93. The minimum Gasteiger partial charge on any atom is -0.484 e. The molecule has 0 radical (unpaired) electrons. The SMILES string of the molecule is Cn1c(COc2ccc(Cl)cc2Cl)nnc1SCC(=O)O. The number of benzene rings is 1. The predicted molar refractivity (Wildman–Crippen MR) is 80.2 cm³/mol. The Hall–Kier alpha value is -1.44. The molecule has 0 unspecified atom stereocenters. The van der Waals surface area contributed by atoms with Gasteiger partial charge in [0.1, 0.15) is 12.4 Å². The van der Waals surface area contributed by atoms with Crippen molar-refractivity contribution in [1.82, 2.24) is 14.8 Å². The third-order valence-electron chi connectivity index (χ3n) is 2.50. The van der Waals surface area contributed by atoms with Crippen LogP contribution < -0.4 is 4.74 Å². The maximum atomic E-state index is 10.5. The van der Waals surface area contributed by atoms with Gasteiger partial charge in [-0.3, -0.25) is 4.79 Å². The fourth-order valence-corrected chi connectivity index (χ4v) is 2.57. The number of carbonyl (C=O) groups is 1. The number of aliphatic carboxylic acids is 1. The summed E-state index contributed by atoms with van der Waals surface area (Å²) in [6.45, 7) is 0.165. The Balaban J connectivity index is 2.02. The highest BCUT2D eigenvalue weighted by molar-refractivity contribution is 7.99. The van der Waals surface area contributed by atoms with Crippen LogP contribution in [-0.2, 0) is 18.4 Å². The molecule has 0 aliphatic heterocycles. The molecule has 0 aliphatic carbocycles. The molecule has 0 atom stereocenters. The maximum Gasteiger partial charge on any atom is 0.313 e. The van der Waals surface area contributed by atoms with E-state index in [9.17, 15) is 4.79 Å². The first-order chi connectivity index (χ1) is 9.97. The summed E-state index contributed by atoms with van der Waals surface area (Å²) >= 11 is 12.9. The molecule has 0 bridgehead atoms. The van der Waals surface area contributed by atoms with Gasteiger partial charge in [-0.1, -0.05) is 35.0 Å². The second-order valence-electron chi connectivity index (χ2n) is 4.00. The van der Waals surface area contributed by atoms with Crippen molar-refractivity contribution >= 4 is 40.9 Å². The van der Waals surface area contributed by atoms with Crippen LogP contribution in [0.25, 0.3) is 0 Å². The Morgan fingerprint density at radius 1 is 1.43 bits per heavy atom. The van der Waals surface area contributed by atoms with Crippen LogP contribution in [0, 0.1) is 0 Å². The van der Waals surface area contributed by atoms with E-state index in [2.05, 4.69) is 10.2 Å². The zero-order chi connectivity index (χ0) is 15.4. The third kappa shape index (κ3) is 4.26. The Kier molecular flexibility index (Phi) is 5.33. The Morgan fingerprint density at radius 2 is 2.19 bits per heavy atom. The molecule has 1 aromatic heterocycles. The molecule has 1 heterocycles. The van der Waals surface area contributed by atoms with E-state index in [4.69, 9.17) is 33.0 Å². The zero-order valence-electron chi connectivity index (χ0n) is 10.9. The van der Waals surface area contributed by atoms with Gasteiger partial charge in [0.2, 0.25) is 0 Å². The molecule has 2 aromatic rings. The van der Waals surface area contributed by atoms with Gasteiger partial charge < -0.3 is 14.4 Å². The second-order valence-corrected chi connectivity index (χ2v) is 5.79. The molecule has 1 N–H and O–H groups in total. The lowest BCUT2D eigenvalue weighted by atomic mass is 10.3.